The standard InChI is InChI=1S/C19H30BrN/c1-4-11-21-14-16-9-10-19(2,3)13-17(16)12-15-5-7-18(20)8-6-15/h5-8,16-17,21H,4,9-14H2,1-3H3. The Morgan fingerprint density at radius 3 is 2.57 bits per heavy atom. The van der Waals surface area contributed by atoms with Crippen LogP contribution in [-0.2, 0) is 6.42 Å². The van der Waals surface area contributed by atoms with E-state index in [-0.39, 0.29) is 0 Å². The quantitative estimate of drug-likeness (QED) is 0.673. The molecule has 0 bridgehead atoms. The van der Waals surface area contributed by atoms with Gasteiger partial charge < -0.3 is 5.32 Å². The zero-order chi connectivity index (χ0) is 15.3. The van der Waals surface area contributed by atoms with Gasteiger partial charge in [-0.25, -0.2) is 0 Å². The van der Waals surface area contributed by atoms with Crippen molar-refractivity contribution >= 4 is 15.9 Å². The van der Waals surface area contributed by atoms with Crippen LogP contribution in [0.2, 0.25) is 0 Å². The van der Waals surface area contributed by atoms with Gasteiger partial charge in [0.1, 0.15) is 0 Å². The number of benzene rings is 1. The Morgan fingerprint density at radius 1 is 1.19 bits per heavy atom. The van der Waals surface area contributed by atoms with Crippen LogP contribution in [0.4, 0.5) is 0 Å². The summed E-state index contributed by atoms with van der Waals surface area (Å²) in [4.78, 5) is 0. The summed E-state index contributed by atoms with van der Waals surface area (Å²) >= 11 is 3.53. The molecule has 0 saturated heterocycles. The molecule has 1 aromatic carbocycles. The minimum absolute atomic E-state index is 0.515. The van der Waals surface area contributed by atoms with E-state index in [1.54, 1.807) is 0 Å². The predicted octanol–water partition coefficient (Wildman–Crippen LogP) is 5.43. The Hall–Kier alpha value is -0.340. The first-order valence-corrected chi connectivity index (χ1v) is 9.24. The molecule has 2 rings (SSSR count). The number of halogens is 1. The molecule has 0 heterocycles. The summed E-state index contributed by atoms with van der Waals surface area (Å²) in [7, 11) is 0. The van der Waals surface area contributed by atoms with Crippen LogP contribution in [0.15, 0.2) is 28.7 Å². The Bertz CT molecular complexity index is 424. The first-order chi connectivity index (χ1) is 10.00. The van der Waals surface area contributed by atoms with E-state index in [1.165, 1.54) is 48.7 Å². The average Bonchev–Trinajstić information content (AvgIpc) is 2.43. The monoisotopic (exact) mass is 351 g/mol. The van der Waals surface area contributed by atoms with Gasteiger partial charge in [0.2, 0.25) is 0 Å². The molecule has 0 radical (unpaired) electrons. The van der Waals surface area contributed by atoms with Crippen LogP contribution < -0.4 is 5.32 Å². The van der Waals surface area contributed by atoms with E-state index in [0.29, 0.717) is 5.41 Å². The molecule has 1 saturated carbocycles. The lowest BCUT2D eigenvalue weighted by Gasteiger charge is -2.41. The summed E-state index contributed by atoms with van der Waals surface area (Å²) in [5.74, 6) is 1.66. The van der Waals surface area contributed by atoms with E-state index >= 15 is 0 Å². The molecule has 1 N–H and O–H groups in total. The molecule has 2 atom stereocenters. The number of hydrogen-bond acceptors (Lipinski definition) is 1. The summed E-state index contributed by atoms with van der Waals surface area (Å²) < 4.78 is 1.18. The highest BCUT2D eigenvalue weighted by Crippen LogP contribution is 2.43. The molecule has 0 aromatic heterocycles. The predicted molar refractivity (Wildman–Crippen MR) is 95.6 cm³/mol. The van der Waals surface area contributed by atoms with Crippen LogP contribution in [-0.4, -0.2) is 13.1 Å². The molecule has 2 unspecified atom stereocenters. The van der Waals surface area contributed by atoms with Crippen molar-refractivity contribution in [3.8, 4) is 0 Å². The van der Waals surface area contributed by atoms with E-state index in [2.05, 4.69) is 66.3 Å². The number of hydrogen-bond donors (Lipinski definition) is 1. The van der Waals surface area contributed by atoms with Crippen LogP contribution in [0.25, 0.3) is 0 Å². The van der Waals surface area contributed by atoms with Gasteiger partial charge in [-0.2, -0.15) is 0 Å². The van der Waals surface area contributed by atoms with E-state index in [9.17, 15) is 0 Å². The fourth-order valence-corrected chi connectivity index (χ4v) is 3.95. The second-order valence-corrected chi connectivity index (χ2v) is 8.38. The molecule has 21 heavy (non-hydrogen) atoms. The molecule has 1 fully saturated rings. The van der Waals surface area contributed by atoms with Crippen LogP contribution >= 0.6 is 15.9 Å². The van der Waals surface area contributed by atoms with Gasteiger partial charge in [-0.15, -0.1) is 0 Å². The highest BCUT2D eigenvalue weighted by molar-refractivity contribution is 9.10. The molecule has 118 valence electrons. The third kappa shape index (κ3) is 5.41. The van der Waals surface area contributed by atoms with Crippen molar-refractivity contribution in [3.63, 3.8) is 0 Å². The van der Waals surface area contributed by atoms with Gasteiger partial charge in [-0.3, -0.25) is 0 Å². The maximum absolute atomic E-state index is 3.65. The van der Waals surface area contributed by atoms with Gasteiger partial charge in [0.15, 0.2) is 0 Å². The van der Waals surface area contributed by atoms with Crippen molar-refractivity contribution in [1.29, 1.82) is 0 Å². The van der Waals surface area contributed by atoms with Gasteiger partial charge in [0.05, 0.1) is 0 Å². The van der Waals surface area contributed by atoms with E-state index < -0.39 is 0 Å². The van der Waals surface area contributed by atoms with Crippen LogP contribution in [0.1, 0.15) is 52.0 Å². The van der Waals surface area contributed by atoms with Crippen molar-refractivity contribution in [2.75, 3.05) is 13.1 Å². The van der Waals surface area contributed by atoms with Gasteiger partial charge in [0.25, 0.3) is 0 Å². The Kier molecular flexibility index (Phi) is 6.31. The van der Waals surface area contributed by atoms with E-state index in [1.807, 2.05) is 0 Å². The minimum Gasteiger partial charge on any atom is -0.316 e. The van der Waals surface area contributed by atoms with Crippen molar-refractivity contribution in [2.24, 2.45) is 17.3 Å². The maximum Gasteiger partial charge on any atom is 0.0175 e. The molecular weight excluding hydrogens is 322 g/mol. The molecule has 0 aliphatic heterocycles. The smallest absolute Gasteiger partial charge is 0.0175 e. The SMILES string of the molecule is CCCNCC1CCC(C)(C)CC1Cc1ccc(Br)cc1. The third-order valence-corrected chi connectivity index (χ3v) is 5.45. The number of rotatable bonds is 6. The van der Waals surface area contributed by atoms with Gasteiger partial charge in [-0.05, 0) is 80.1 Å². The highest BCUT2D eigenvalue weighted by atomic mass is 79.9. The van der Waals surface area contributed by atoms with Crippen LogP contribution in [0.3, 0.4) is 0 Å². The fourth-order valence-electron chi connectivity index (χ4n) is 3.69. The van der Waals surface area contributed by atoms with Crippen LogP contribution in [0.5, 0.6) is 0 Å². The van der Waals surface area contributed by atoms with Crippen molar-refractivity contribution in [1.82, 2.24) is 5.32 Å². The Morgan fingerprint density at radius 2 is 1.90 bits per heavy atom. The lowest BCUT2D eigenvalue weighted by atomic mass is 9.65. The lowest BCUT2D eigenvalue weighted by molar-refractivity contribution is 0.116. The molecular formula is C19H30BrN. The molecule has 2 heteroatoms. The summed E-state index contributed by atoms with van der Waals surface area (Å²) in [6.45, 7) is 9.49. The topological polar surface area (TPSA) is 12.0 Å². The molecule has 1 aliphatic rings. The van der Waals surface area contributed by atoms with E-state index in [0.717, 1.165) is 18.4 Å². The minimum atomic E-state index is 0.515. The number of nitrogens with one attached hydrogen (secondary N) is 1. The summed E-state index contributed by atoms with van der Waals surface area (Å²) in [6, 6.07) is 8.91. The van der Waals surface area contributed by atoms with Crippen molar-refractivity contribution in [3.05, 3.63) is 34.3 Å². The van der Waals surface area contributed by atoms with Gasteiger partial charge in [0, 0.05) is 4.47 Å². The zero-order valence-corrected chi connectivity index (χ0v) is 15.4. The van der Waals surface area contributed by atoms with Crippen molar-refractivity contribution in [2.45, 2.75) is 52.9 Å². The molecule has 0 amide bonds. The summed E-state index contributed by atoms with van der Waals surface area (Å²) in [6.07, 6.45) is 6.58. The first kappa shape index (κ1) is 17.0. The molecule has 1 nitrogen and oxygen atoms in total. The lowest BCUT2D eigenvalue weighted by Crippen LogP contribution is -2.37. The third-order valence-electron chi connectivity index (χ3n) is 4.92. The molecule has 1 aliphatic carbocycles. The average molecular weight is 352 g/mol. The Balaban J connectivity index is 2.00. The molecule has 1 aromatic rings. The Labute approximate surface area is 139 Å². The molecule has 0 spiro atoms. The first-order valence-electron chi connectivity index (χ1n) is 8.45. The fraction of sp³-hybridized carbons (Fsp3) is 0.684. The van der Waals surface area contributed by atoms with Gasteiger partial charge in [-0.1, -0.05) is 48.8 Å². The second kappa shape index (κ2) is 7.78. The zero-order valence-electron chi connectivity index (χ0n) is 13.8. The van der Waals surface area contributed by atoms with Gasteiger partial charge >= 0.3 is 0 Å². The van der Waals surface area contributed by atoms with Crippen molar-refractivity contribution < 1.29 is 0 Å². The summed E-state index contributed by atoms with van der Waals surface area (Å²) in [5, 5.41) is 3.65. The van der Waals surface area contributed by atoms with E-state index in [4.69, 9.17) is 0 Å². The normalized spacial score (nSPS) is 25.0. The maximum atomic E-state index is 3.65. The highest BCUT2D eigenvalue weighted by Gasteiger charge is 2.34. The summed E-state index contributed by atoms with van der Waals surface area (Å²) in [5.41, 5.74) is 2.00. The second-order valence-electron chi connectivity index (χ2n) is 7.46. The largest absolute Gasteiger partial charge is 0.316 e. The van der Waals surface area contributed by atoms with Crippen LogP contribution in [0, 0.1) is 17.3 Å².